The molecule has 4 nitrogen and oxygen atoms in total. The van der Waals surface area contributed by atoms with E-state index < -0.39 is 5.82 Å². The third kappa shape index (κ3) is 4.68. The summed E-state index contributed by atoms with van der Waals surface area (Å²) in [5.41, 5.74) is 5.85. The van der Waals surface area contributed by atoms with Crippen LogP contribution in [0.15, 0.2) is 16.6 Å². The molecule has 1 aromatic carbocycles. The topological polar surface area (TPSA) is 58.4 Å². The van der Waals surface area contributed by atoms with Gasteiger partial charge in [-0.1, -0.05) is 12.8 Å². The first-order chi connectivity index (χ1) is 10.1. The Morgan fingerprint density at radius 3 is 2.62 bits per heavy atom. The lowest BCUT2D eigenvalue weighted by atomic mass is 10.2. The van der Waals surface area contributed by atoms with Crippen molar-refractivity contribution in [2.45, 2.75) is 25.7 Å². The van der Waals surface area contributed by atoms with Gasteiger partial charge in [0.1, 0.15) is 5.82 Å². The monoisotopic (exact) mass is 357 g/mol. The van der Waals surface area contributed by atoms with Gasteiger partial charge in [0, 0.05) is 17.6 Å². The first-order valence-electron chi connectivity index (χ1n) is 7.33. The summed E-state index contributed by atoms with van der Waals surface area (Å²) in [5, 5.41) is 2.87. The standard InChI is InChI=1S/C15H21BrFN3O/c16-12-10-13(17)14(18)9-11(12)15(21)19-5-8-20-6-3-1-2-4-7-20/h9-10H,1-8,18H2,(H,19,21). The van der Waals surface area contributed by atoms with Gasteiger partial charge >= 0.3 is 0 Å². The number of hydrogen-bond acceptors (Lipinski definition) is 3. The molecule has 1 heterocycles. The molecule has 1 aliphatic rings. The fourth-order valence-electron chi connectivity index (χ4n) is 2.52. The molecule has 21 heavy (non-hydrogen) atoms. The van der Waals surface area contributed by atoms with E-state index in [0.29, 0.717) is 16.6 Å². The van der Waals surface area contributed by atoms with E-state index in [-0.39, 0.29) is 11.6 Å². The molecule has 1 aliphatic heterocycles. The first-order valence-corrected chi connectivity index (χ1v) is 8.12. The van der Waals surface area contributed by atoms with E-state index in [1.807, 2.05) is 0 Å². The van der Waals surface area contributed by atoms with Crippen molar-refractivity contribution in [1.82, 2.24) is 10.2 Å². The van der Waals surface area contributed by atoms with Gasteiger partial charge in [0.25, 0.3) is 5.91 Å². The third-order valence-electron chi connectivity index (χ3n) is 3.74. The summed E-state index contributed by atoms with van der Waals surface area (Å²) in [6.45, 7) is 3.63. The maximum Gasteiger partial charge on any atom is 0.252 e. The molecule has 6 heteroatoms. The van der Waals surface area contributed by atoms with E-state index in [4.69, 9.17) is 5.73 Å². The maximum atomic E-state index is 13.3. The van der Waals surface area contributed by atoms with Crippen molar-refractivity contribution in [1.29, 1.82) is 0 Å². The van der Waals surface area contributed by atoms with Gasteiger partial charge in [-0.25, -0.2) is 4.39 Å². The molecule has 0 unspecified atom stereocenters. The van der Waals surface area contributed by atoms with E-state index in [1.165, 1.54) is 37.8 Å². The average molecular weight is 358 g/mol. The molecule has 0 spiro atoms. The van der Waals surface area contributed by atoms with Crippen LogP contribution in [0.25, 0.3) is 0 Å². The lowest BCUT2D eigenvalue weighted by molar-refractivity contribution is 0.0947. The van der Waals surface area contributed by atoms with Crippen molar-refractivity contribution in [3.05, 3.63) is 28.0 Å². The predicted molar refractivity (Wildman–Crippen MR) is 85.8 cm³/mol. The number of halogens is 2. The number of rotatable bonds is 4. The number of carbonyl (C=O) groups is 1. The Bertz CT molecular complexity index is 502. The van der Waals surface area contributed by atoms with Gasteiger partial charge in [0.2, 0.25) is 0 Å². The minimum atomic E-state index is -0.525. The van der Waals surface area contributed by atoms with Crippen LogP contribution in [-0.2, 0) is 0 Å². The number of nitrogens with one attached hydrogen (secondary N) is 1. The highest BCUT2D eigenvalue weighted by Crippen LogP contribution is 2.22. The van der Waals surface area contributed by atoms with Crippen LogP contribution in [-0.4, -0.2) is 37.0 Å². The zero-order valence-corrected chi connectivity index (χ0v) is 13.6. The smallest absolute Gasteiger partial charge is 0.252 e. The Hall–Kier alpha value is -1.14. The van der Waals surface area contributed by atoms with Crippen LogP contribution in [0, 0.1) is 5.82 Å². The van der Waals surface area contributed by atoms with E-state index >= 15 is 0 Å². The Kier molecular flexibility index (Phi) is 5.99. The number of anilines is 1. The van der Waals surface area contributed by atoms with Crippen LogP contribution in [0.4, 0.5) is 10.1 Å². The highest BCUT2D eigenvalue weighted by Gasteiger charge is 2.14. The average Bonchev–Trinajstić information content (AvgIpc) is 2.71. The van der Waals surface area contributed by atoms with Gasteiger partial charge in [-0.05, 0) is 54.0 Å². The molecule has 116 valence electrons. The Morgan fingerprint density at radius 1 is 1.29 bits per heavy atom. The molecule has 0 radical (unpaired) electrons. The lowest BCUT2D eigenvalue weighted by Gasteiger charge is -2.19. The number of nitrogens with two attached hydrogens (primary N) is 1. The second-order valence-corrected chi connectivity index (χ2v) is 6.22. The summed E-state index contributed by atoms with van der Waals surface area (Å²) >= 11 is 3.19. The van der Waals surface area contributed by atoms with Crippen molar-refractivity contribution in [3.8, 4) is 0 Å². The Balaban J connectivity index is 1.85. The van der Waals surface area contributed by atoms with Gasteiger partial charge in [-0.15, -0.1) is 0 Å². The zero-order chi connectivity index (χ0) is 15.2. The number of hydrogen-bond donors (Lipinski definition) is 2. The Labute approximate surface area is 133 Å². The number of likely N-dealkylation sites (tertiary alicyclic amines) is 1. The second-order valence-electron chi connectivity index (χ2n) is 5.37. The molecular weight excluding hydrogens is 337 g/mol. The molecule has 2 rings (SSSR count). The molecule has 0 saturated carbocycles. The van der Waals surface area contributed by atoms with E-state index in [0.717, 1.165) is 19.6 Å². The van der Waals surface area contributed by atoms with Gasteiger partial charge in [-0.3, -0.25) is 4.79 Å². The molecule has 1 aromatic rings. The van der Waals surface area contributed by atoms with Crippen molar-refractivity contribution in [2.24, 2.45) is 0 Å². The summed E-state index contributed by atoms with van der Waals surface area (Å²) < 4.78 is 13.7. The fraction of sp³-hybridized carbons (Fsp3) is 0.533. The molecule has 0 aromatic heterocycles. The van der Waals surface area contributed by atoms with Crippen LogP contribution in [0.2, 0.25) is 0 Å². The summed E-state index contributed by atoms with van der Waals surface area (Å²) in [6.07, 6.45) is 5.05. The predicted octanol–water partition coefficient (Wildman–Crippen LogP) is 2.78. The normalized spacial score (nSPS) is 16.5. The van der Waals surface area contributed by atoms with Gasteiger partial charge in [-0.2, -0.15) is 0 Å². The summed E-state index contributed by atoms with van der Waals surface area (Å²) in [4.78, 5) is 14.5. The van der Waals surface area contributed by atoms with Gasteiger partial charge in [0.05, 0.1) is 11.3 Å². The summed E-state index contributed by atoms with van der Waals surface area (Å²) in [6, 6.07) is 2.58. The molecule has 1 saturated heterocycles. The maximum absolute atomic E-state index is 13.3. The van der Waals surface area contributed by atoms with E-state index in [9.17, 15) is 9.18 Å². The zero-order valence-electron chi connectivity index (χ0n) is 12.0. The van der Waals surface area contributed by atoms with Crippen LogP contribution in [0.1, 0.15) is 36.0 Å². The minimum absolute atomic E-state index is 0.0177. The van der Waals surface area contributed by atoms with E-state index in [2.05, 4.69) is 26.1 Å². The van der Waals surface area contributed by atoms with Gasteiger partial charge in [0.15, 0.2) is 0 Å². The van der Waals surface area contributed by atoms with Crippen LogP contribution < -0.4 is 11.1 Å². The highest BCUT2D eigenvalue weighted by atomic mass is 79.9. The molecule has 3 N–H and O–H groups in total. The van der Waals surface area contributed by atoms with Crippen molar-refractivity contribution in [3.63, 3.8) is 0 Å². The molecule has 1 amide bonds. The number of benzene rings is 1. The van der Waals surface area contributed by atoms with Crippen LogP contribution in [0.5, 0.6) is 0 Å². The molecule has 0 bridgehead atoms. The highest BCUT2D eigenvalue weighted by molar-refractivity contribution is 9.10. The van der Waals surface area contributed by atoms with Crippen LogP contribution >= 0.6 is 15.9 Å². The van der Waals surface area contributed by atoms with Crippen LogP contribution in [0.3, 0.4) is 0 Å². The molecule has 0 aliphatic carbocycles. The quantitative estimate of drug-likeness (QED) is 0.814. The molecular formula is C15H21BrFN3O. The Morgan fingerprint density at radius 2 is 1.95 bits per heavy atom. The summed E-state index contributed by atoms with van der Waals surface area (Å²) in [7, 11) is 0. The molecule has 0 atom stereocenters. The van der Waals surface area contributed by atoms with Crippen molar-refractivity contribution >= 4 is 27.5 Å². The fourth-order valence-corrected chi connectivity index (χ4v) is 3.02. The van der Waals surface area contributed by atoms with Crippen molar-refractivity contribution < 1.29 is 9.18 Å². The lowest BCUT2D eigenvalue weighted by Crippen LogP contribution is -2.35. The molecule has 1 fully saturated rings. The number of amides is 1. The SMILES string of the molecule is Nc1cc(C(=O)NCCN2CCCCCC2)c(Br)cc1F. The number of nitrogens with zero attached hydrogens (tertiary/aromatic N) is 1. The van der Waals surface area contributed by atoms with Gasteiger partial charge < -0.3 is 16.0 Å². The van der Waals surface area contributed by atoms with E-state index in [1.54, 1.807) is 0 Å². The second kappa shape index (κ2) is 7.75. The number of nitrogen functional groups attached to an aromatic ring is 1. The largest absolute Gasteiger partial charge is 0.396 e. The minimum Gasteiger partial charge on any atom is -0.396 e. The van der Waals surface area contributed by atoms with Crippen molar-refractivity contribution in [2.75, 3.05) is 31.9 Å². The number of carbonyl (C=O) groups excluding carboxylic acids is 1. The first kappa shape index (κ1) is 16.2. The summed E-state index contributed by atoms with van der Waals surface area (Å²) in [5.74, 6) is -0.758. The third-order valence-corrected chi connectivity index (χ3v) is 4.40.